The molecule has 292 valence electrons. The summed E-state index contributed by atoms with van der Waals surface area (Å²) in [5, 5.41) is 10.7. The van der Waals surface area contributed by atoms with Gasteiger partial charge in [0.2, 0.25) is 0 Å². The van der Waals surface area contributed by atoms with E-state index in [-0.39, 0.29) is 18.2 Å². The Hall–Kier alpha value is -0.670. The molecule has 0 rings (SSSR count). The van der Waals surface area contributed by atoms with Gasteiger partial charge in [0.1, 0.15) is 5.78 Å². The highest BCUT2D eigenvalue weighted by molar-refractivity contribution is 5.81. The lowest BCUT2D eigenvalue weighted by Crippen LogP contribution is -2.34. The normalized spacial score (nSPS) is 13.1. The van der Waals surface area contributed by atoms with Gasteiger partial charge in [0.05, 0.1) is 12.0 Å². The van der Waals surface area contributed by atoms with Gasteiger partial charge in [-0.2, -0.15) is 0 Å². The number of aliphatic hydroxyl groups is 1. The summed E-state index contributed by atoms with van der Waals surface area (Å²) >= 11 is 0. The molecule has 0 amide bonds. The number of ketones is 1. The first-order chi connectivity index (χ1) is 24.2. The van der Waals surface area contributed by atoms with E-state index in [9.17, 15) is 9.90 Å². The Balaban J connectivity index is 3.47. The van der Waals surface area contributed by atoms with Crippen molar-refractivity contribution in [1.82, 2.24) is 0 Å². The van der Waals surface area contributed by atoms with Gasteiger partial charge in [-0.1, -0.05) is 225 Å². The molecule has 0 aliphatic heterocycles. The number of nitrogens with two attached hydrogens (primary N) is 1. The molecule has 0 spiro atoms. The number of carbonyl (C=O) groups excluding carboxylic acids is 1. The average Bonchev–Trinajstić information content (AvgIpc) is 3.10. The van der Waals surface area contributed by atoms with E-state index in [2.05, 4.69) is 26.0 Å². The third kappa shape index (κ3) is 36.9. The largest absolute Gasteiger partial charge is 0.392 e. The predicted octanol–water partition coefficient (Wildman–Crippen LogP) is 14.9. The van der Waals surface area contributed by atoms with Crippen molar-refractivity contribution in [2.75, 3.05) is 6.54 Å². The predicted molar refractivity (Wildman–Crippen MR) is 219 cm³/mol. The quantitative estimate of drug-likeness (QED) is 0.0495. The fourth-order valence-electron chi connectivity index (χ4n) is 7.40. The Bertz CT molecular complexity index is 661. The second kappa shape index (κ2) is 41.7. The Morgan fingerprint density at radius 1 is 0.449 bits per heavy atom. The molecule has 0 radical (unpaired) electrons. The fourth-order valence-corrected chi connectivity index (χ4v) is 7.40. The zero-order chi connectivity index (χ0) is 35.7. The van der Waals surface area contributed by atoms with E-state index in [4.69, 9.17) is 5.73 Å². The number of Topliss-reactive ketones (excluding diaryl/α,β-unsaturated/α-hetero) is 1. The second-order valence-electron chi connectivity index (χ2n) is 15.8. The topological polar surface area (TPSA) is 63.3 Å². The molecule has 3 nitrogen and oxygen atoms in total. The van der Waals surface area contributed by atoms with Crippen LogP contribution in [0.3, 0.4) is 0 Å². The molecule has 0 aromatic rings. The van der Waals surface area contributed by atoms with Crippen molar-refractivity contribution in [3.8, 4) is 0 Å². The fraction of sp³-hybridized carbons (Fsp3) is 0.935. The number of rotatable bonds is 42. The summed E-state index contributed by atoms with van der Waals surface area (Å²) in [6.07, 6.45) is 53.8. The maximum atomic E-state index is 12.7. The van der Waals surface area contributed by atoms with Crippen LogP contribution >= 0.6 is 0 Å². The molecule has 0 aromatic heterocycles. The molecule has 0 saturated heterocycles. The van der Waals surface area contributed by atoms with Gasteiger partial charge in [0.15, 0.2) is 0 Å². The summed E-state index contributed by atoms with van der Waals surface area (Å²) in [6.45, 7) is 4.85. The van der Waals surface area contributed by atoms with E-state index in [1.54, 1.807) is 0 Å². The van der Waals surface area contributed by atoms with Crippen LogP contribution in [-0.4, -0.2) is 23.5 Å². The van der Waals surface area contributed by atoms with Gasteiger partial charge in [-0.15, -0.1) is 0 Å². The molecular formula is C46H91NO2. The van der Waals surface area contributed by atoms with Crippen LogP contribution in [0.5, 0.6) is 0 Å². The van der Waals surface area contributed by atoms with Gasteiger partial charge in [-0.25, -0.2) is 0 Å². The molecule has 0 aliphatic carbocycles. The van der Waals surface area contributed by atoms with Crippen LogP contribution in [0.15, 0.2) is 12.2 Å². The SMILES string of the molecule is CCCCCCCC/C=C\CCCCCCCC(=O)C(CN)C(O)CCCCCCCCCCCCCCCCCCCCCCCCC. The van der Waals surface area contributed by atoms with Gasteiger partial charge >= 0.3 is 0 Å². The number of aliphatic hydroxyl groups excluding tert-OH is 1. The van der Waals surface area contributed by atoms with Crippen molar-refractivity contribution in [2.24, 2.45) is 11.7 Å². The zero-order valence-electron chi connectivity index (χ0n) is 33.8. The highest BCUT2D eigenvalue weighted by atomic mass is 16.3. The summed E-state index contributed by atoms with van der Waals surface area (Å²) in [4.78, 5) is 12.7. The number of carbonyl (C=O) groups is 1. The van der Waals surface area contributed by atoms with E-state index < -0.39 is 6.10 Å². The summed E-state index contributed by atoms with van der Waals surface area (Å²) in [7, 11) is 0. The van der Waals surface area contributed by atoms with Crippen LogP contribution in [0.4, 0.5) is 0 Å². The van der Waals surface area contributed by atoms with Gasteiger partial charge in [0, 0.05) is 13.0 Å². The van der Waals surface area contributed by atoms with Crippen LogP contribution in [-0.2, 0) is 4.79 Å². The molecular weight excluding hydrogens is 599 g/mol. The Labute approximate surface area is 309 Å². The van der Waals surface area contributed by atoms with Crippen molar-refractivity contribution in [1.29, 1.82) is 0 Å². The smallest absolute Gasteiger partial charge is 0.139 e. The minimum Gasteiger partial charge on any atom is -0.392 e. The molecule has 0 fully saturated rings. The highest BCUT2D eigenvalue weighted by Gasteiger charge is 2.24. The molecule has 2 atom stereocenters. The number of hydrogen-bond acceptors (Lipinski definition) is 3. The van der Waals surface area contributed by atoms with Crippen molar-refractivity contribution < 1.29 is 9.90 Å². The van der Waals surface area contributed by atoms with Crippen LogP contribution in [0.25, 0.3) is 0 Å². The third-order valence-corrected chi connectivity index (χ3v) is 10.9. The molecule has 0 bridgehead atoms. The highest BCUT2D eigenvalue weighted by Crippen LogP contribution is 2.19. The van der Waals surface area contributed by atoms with Crippen LogP contribution in [0, 0.1) is 5.92 Å². The number of unbranched alkanes of at least 4 members (excludes halogenated alkanes) is 33. The van der Waals surface area contributed by atoms with Crippen molar-refractivity contribution >= 4 is 5.78 Å². The van der Waals surface area contributed by atoms with Crippen LogP contribution in [0.1, 0.15) is 258 Å². The van der Waals surface area contributed by atoms with Gasteiger partial charge < -0.3 is 10.8 Å². The number of hydrogen-bond donors (Lipinski definition) is 2. The molecule has 0 heterocycles. The molecule has 3 N–H and O–H groups in total. The zero-order valence-corrected chi connectivity index (χ0v) is 33.8. The lowest BCUT2D eigenvalue weighted by molar-refractivity contribution is -0.126. The minimum absolute atomic E-state index is 0.182. The molecule has 2 unspecified atom stereocenters. The molecule has 49 heavy (non-hydrogen) atoms. The first-order valence-corrected chi connectivity index (χ1v) is 22.7. The summed E-state index contributed by atoms with van der Waals surface area (Å²) < 4.78 is 0. The summed E-state index contributed by atoms with van der Waals surface area (Å²) in [5.74, 6) is -0.182. The minimum atomic E-state index is -0.560. The van der Waals surface area contributed by atoms with E-state index in [1.165, 1.54) is 205 Å². The van der Waals surface area contributed by atoms with Crippen LogP contribution < -0.4 is 5.73 Å². The lowest BCUT2D eigenvalue weighted by atomic mass is 9.90. The second-order valence-corrected chi connectivity index (χ2v) is 15.8. The summed E-state index contributed by atoms with van der Waals surface area (Å²) in [6, 6.07) is 0. The first kappa shape index (κ1) is 48.3. The van der Waals surface area contributed by atoms with Gasteiger partial charge in [-0.3, -0.25) is 4.79 Å². The first-order valence-electron chi connectivity index (χ1n) is 22.7. The summed E-state index contributed by atoms with van der Waals surface area (Å²) in [5.41, 5.74) is 5.93. The van der Waals surface area contributed by atoms with Crippen molar-refractivity contribution in [3.63, 3.8) is 0 Å². The standard InChI is InChI=1S/C46H91NO2/c1-3-5-7-9-11-13-15-17-19-20-21-22-23-24-25-26-28-30-32-34-36-38-40-42-46(49)44(43-47)45(48)41-39-37-35-33-31-29-27-18-16-14-12-10-8-6-4-2/h18,27,44,46,49H,3-17,19-26,28-43,47H2,1-2H3/b27-18-. The van der Waals surface area contributed by atoms with Gasteiger partial charge in [-0.05, 0) is 38.5 Å². The average molecular weight is 690 g/mol. The Morgan fingerprint density at radius 2 is 0.735 bits per heavy atom. The lowest BCUT2D eigenvalue weighted by Gasteiger charge is -2.20. The Morgan fingerprint density at radius 3 is 1.06 bits per heavy atom. The molecule has 0 aliphatic rings. The van der Waals surface area contributed by atoms with Crippen molar-refractivity contribution in [3.05, 3.63) is 12.2 Å². The van der Waals surface area contributed by atoms with E-state index in [0.717, 1.165) is 32.1 Å². The maximum Gasteiger partial charge on any atom is 0.139 e. The van der Waals surface area contributed by atoms with E-state index >= 15 is 0 Å². The monoisotopic (exact) mass is 690 g/mol. The number of allylic oxidation sites excluding steroid dienone is 2. The molecule has 0 aromatic carbocycles. The molecule has 0 saturated carbocycles. The van der Waals surface area contributed by atoms with Crippen LogP contribution in [0.2, 0.25) is 0 Å². The Kier molecular flexibility index (Phi) is 41.2. The van der Waals surface area contributed by atoms with Crippen molar-refractivity contribution in [2.45, 2.75) is 264 Å². The van der Waals surface area contributed by atoms with E-state index in [1.807, 2.05) is 0 Å². The third-order valence-electron chi connectivity index (χ3n) is 10.9. The maximum absolute atomic E-state index is 12.7. The van der Waals surface area contributed by atoms with E-state index in [0.29, 0.717) is 6.42 Å². The molecule has 3 heteroatoms. The van der Waals surface area contributed by atoms with Gasteiger partial charge in [0.25, 0.3) is 0 Å².